The van der Waals surface area contributed by atoms with Crippen molar-refractivity contribution < 1.29 is 0 Å². The average molecular weight is 94.1 g/mol. The Bertz CT molecular complexity index is 128. The van der Waals surface area contributed by atoms with Crippen LogP contribution in [-0.4, -0.2) is 5.71 Å². The van der Waals surface area contributed by atoms with E-state index in [0.29, 0.717) is 0 Å². The summed E-state index contributed by atoms with van der Waals surface area (Å²) in [5.74, 6) is 0. The molecule has 0 spiro atoms. The molecule has 0 aromatic heterocycles. The van der Waals surface area contributed by atoms with E-state index in [-0.39, 0.29) is 5.71 Å². The van der Waals surface area contributed by atoms with Gasteiger partial charge in [-0.1, -0.05) is 6.08 Å². The Balaban J connectivity index is 3.66. The maximum absolute atomic E-state index is 7.94. The predicted octanol–water partition coefficient (Wildman–Crippen LogP) is 1.11. The minimum atomic E-state index is 0.00231. The zero-order valence-electron chi connectivity index (χ0n) is 4.10. The van der Waals surface area contributed by atoms with E-state index in [1.165, 1.54) is 6.08 Å². The van der Waals surface area contributed by atoms with Crippen LogP contribution in [0.4, 0.5) is 0 Å². The van der Waals surface area contributed by atoms with Crippen LogP contribution in [0.5, 0.6) is 0 Å². The van der Waals surface area contributed by atoms with E-state index in [4.69, 9.17) is 10.7 Å². The molecule has 0 amide bonds. The summed E-state index contributed by atoms with van der Waals surface area (Å²) in [5.41, 5.74) is 0.00231. The third-order valence-corrected chi connectivity index (χ3v) is 0.454. The Labute approximate surface area is 42.6 Å². The standard InChI is InChI=1S/C5H6N2/c1-2-3-5(7)4-6/h2-3,7H,1H3/b3-2-,7-5?. The highest BCUT2D eigenvalue weighted by atomic mass is 14.4. The van der Waals surface area contributed by atoms with E-state index < -0.39 is 0 Å². The highest BCUT2D eigenvalue weighted by molar-refractivity contribution is 6.04. The maximum atomic E-state index is 7.94. The van der Waals surface area contributed by atoms with E-state index in [1.54, 1.807) is 19.1 Å². The fourth-order valence-electron chi connectivity index (χ4n) is 0.204. The summed E-state index contributed by atoms with van der Waals surface area (Å²) in [6, 6.07) is 1.66. The number of nitrogens with zero attached hydrogens (tertiary/aromatic N) is 1. The largest absolute Gasteiger partial charge is 0.290 e. The van der Waals surface area contributed by atoms with Crippen molar-refractivity contribution in [2.24, 2.45) is 0 Å². The minimum absolute atomic E-state index is 0.00231. The van der Waals surface area contributed by atoms with Gasteiger partial charge in [-0.05, 0) is 13.0 Å². The van der Waals surface area contributed by atoms with Crippen molar-refractivity contribution in [1.82, 2.24) is 0 Å². The van der Waals surface area contributed by atoms with Gasteiger partial charge in [0.1, 0.15) is 11.8 Å². The van der Waals surface area contributed by atoms with Gasteiger partial charge in [0.15, 0.2) is 0 Å². The van der Waals surface area contributed by atoms with Crippen molar-refractivity contribution in [2.45, 2.75) is 6.92 Å². The number of rotatable bonds is 1. The lowest BCUT2D eigenvalue weighted by molar-refractivity contribution is 1.49. The van der Waals surface area contributed by atoms with Crippen molar-refractivity contribution in [3.05, 3.63) is 12.2 Å². The minimum Gasteiger partial charge on any atom is -0.290 e. The predicted molar refractivity (Wildman–Crippen MR) is 28.2 cm³/mol. The Morgan fingerprint density at radius 3 is 2.57 bits per heavy atom. The first-order valence-corrected chi connectivity index (χ1v) is 1.92. The van der Waals surface area contributed by atoms with Crippen LogP contribution in [0.3, 0.4) is 0 Å². The fraction of sp³-hybridized carbons (Fsp3) is 0.200. The summed E-state index contributed by atoms with van der Waals surface area (Å²) >= 11 is 0. The van der Waals surface area contributed by atoms with Crippen LogP contribution in [0.25, 0.3) is 0 Å². The van der Waals surface area contributed by atoms with Gasteiger partial charge in [0.25, 0.3) is 0 Å². The molecule has 0 heterocycles. The number of nitriles is 1. The molecule has 0 rings (SSSR count). The molecule has 0 aromatic carbocycles. The van der Waals surface area contributed by atoms with Gasteiger partial charge < -0.3 is 0 Å². The second-order valence-electron chi connectivity index (χ2n) is 1.03. The number of hydrogen-bond donors (Lipinski definition) is 1. The zero-order chi connectivity index (χ0) is 5.70. The molecule has 2 heteroatoms. The first kappa shape index (κ1) is 5.90. The van der Waals surface area contributed by atoms with E-state index in [1.807, 2.05) is 0 Å². The number of allylic oxidation sites excluding steroid dienone is 2. The molecule has 0 aliphatic rings. The third kappa shape index (κ3) is 2.71. The van der Waals surface area contributed by atoms with Gasteiger partial charge in [0.2, 0.25) is 0 Å². The molecule has 0 aromatic rings. The topological polar surface area (TPSA) is 47.6 Å². The lowest BCUT2D eigenvalue weighted by Gasteiger charge is -1.70. The summed E-state index contributed by atoms with van der Waals surface area (Å²) in [5, 5.41) is 14.6. The molecule has 0 aliphatic carbocycles. The quantitative estimate of drug-likeness (QED) is 0.486. The monoisotopic (exact) mass is 94.1 g/mol. The van der Waals surface area contributed by atoms with Crippen LogP contribution in [0.15, 0.2) is 12.2 Å². The molecule has 0 saturated heterocycles. The first-order chi connectivity index (χ1) is 3.31. The molecule has 0 saturated carbocycles. The highest BCUT2D eigenvalue weighted by Gasteiger charge is 1.77. The molecule has 1 N–H and O–H groups in total. The van der Waals surface area contributed by atoms with Crippen molar-refractivity contribution in [3.63, 3.8) is 0 Å². The van der Waals surface area contributed by atoms with Gasteiger partial charge in [0.05, 0.1) is 0 Å². The van der Waals surface area contributed by atoms with Gasteiger partial charge in [-0.15, -0.1) is 0 Å². The Morgan fingerprint density at radius 1 is 1.86 bits per heavy atom. The molecule has 0 aliphatic heterocycles. The molecule has 0 radical (unpaired) electrons. The first-order valence-electron chi connectivity index (χ1n) is 1.92. The van der Waals surface area contributed by atoms with E-state index in [0.717, 1.165) is 0 Å². The zero-order valence-corrected chi connectivity index (χ0v) is 4.10. The maximum Gasteiger partial charge on any atom is 0.131 e. The van der Waals surface area contributed by atoms with Crippen LogP contribution >= 0.6 is 0 Å². The van der Waals surface area contributed by atoms with Gasteiger partial charge >= 0.3 is 0 Å². The second-order valence-corrected chi connectivity index (χ2v) is 1.03. The summed E-state index contributed by atoms with van der Waals surface area (Å²) in [4.78, 5) is 0. The highest BCUT2D eigenvalue weighted by Crippen LogP contribution is 1.71. The van der Waals surface area contributed by atoms with Crippen LogP contribution in [0.1, 0.15) is 6.92 Å². The molecule has 0 unspecified atom stereocenters. The molecule has 7 heavy (non-hydrogen) atoms. The Hall–Kier alpha value is -1.10. The van der Waals surface area contributed by atoms with Gasteiger partial charge in [-0.2, -0.15) is 5.26 Å². The van der Waals surface area contributed by atoms with E-state index in [2.05, 4.69) is 0 Å². The smallest absolute Gasteiger partial charge is 0.131 e. The molecule has 36 valence electrons. The SMILES string of the molecule is C/C=C\C(=N)C#N. The average Bonchev–Trinajstić information content (AvgIpc) is 1.68. The Morgan fingerprint density at radius 2 is 2.43 bits per heavy atom. The van der Waals surface area contributed by atoms with Crippen LogP contribution in [0, 0.1) is 16.7 Å². The summed E-state index contributed by atoms with van der Waals surface area (Å²) in [7, 11) is 0. The summed E-state index contributed by atoms with van der Waals surface area (Å²) < 4.78 is 0. The molecule has 0 fully saturated rings. The summed E-state index contributed by atoms with van der Waals surface area (Å²) in [6.07, 6.45) is 3.10. The van der Waals surface area contributed by atoms with Gasteiger partial charge in [0, 0.05) is 0 Å². The number of hydrogen-bond acceptors (Lipinski definition) is 2. The second kappa shape index (κ2) is 3.10. The van der Waals surface area contributed by atoms with Crippen molar-refractivity contribution in [2.75, 3.05) is 0 Å². The van der Waals surface area contributed by atoms with Crippen LogP contribution in [0.2, 0.25) is 0 Å². The molecule has 0 bridgehead atoms. The molecular weight excluding hydrogens is 88.1 g/mol. The van der Waals surface area contributed by atoms with Crippen molar-refractivity contribution in [3.8, 4) is 6.07 Å². The Kier molecular flexibility index (Phi) is 2.62. The fourth-order valence-corrected chi connectivity index (χ4v) is 0.204. The third-order valence-electron chi connectivity index (χ3n) is 0.454. The summed E-state index contributed by atoms with van der Waals surface area (Å²) in [6.45, 7) is 1.77. The van der Waals surface area contributed by atoms with Crippen molar-refractivity contribution in [1.29, 1.82) is 10.7 Å². The van der Waals surface area contributed by atoms with Crippen LogP contribution < -0.4 is 0 Å². The normalized spacial score (nSPS) is 8.57. The lowest BCUT2D eigenvalue weighted by Crippen LogP contribution is -1.79. The number of nitrogens with one attached hydrogen (secondary N) is 1. The molecule has 0 atom stereocenters. The van der Waals surface area contributed by atoms with Crippen molar-refractivity contribution >= 4 is 5.71 Å². The lowest BCUT2D eigenvalue weighted by atomic mass is 10.4. The molecule has 2 nitrogen and oxygen atoms in total. The van der Waals surface area contributed by atoms with E-state index >= 15 is 0 Å². The van der Waals surface area contributed by atoms with Gasteiger partial charge in [-0.3, -0.25) is 5.41 Å². The van der Waals surface area contributed by atoms with E-state index in [9.17, 15) is 0 Å². The van der Waals surface area contributed by atoms with Gasteiger partial charge in [-0.25, -0.2) is 0 Å². The molecular formula is C5H6N2. The van der Waals surface area contributed by atoms with Crippen LogP contribution in [-0.2, 0) is 0 Å².